The molecule has 0 aliphatic heterocycles. The molecule has 1 aromatic heterocycles. The lowest BCUT2D eigenvalue weighted by molar-refractivity contribution is -0.116. The van der Waals surface area contributed by atoms with Gasteiger partial charge in [-0.1, -0.05) is 11.6 Å². The fraction of sp³-hybridized carbons (Fsp3) is 0.615. The van der Waals surface area contributed by atoms with E-state index < -0.39 is 0 Å². The van der Waals surface area contributed by atoms with E-state index >= 15 is 0 Å². The van der Waals surface area contributed by atoms with Gasteiger partial charge in [-0.15, -0.1) is 0 Å². The van der Waals surface area contributed by atoms with Gasteiger partial charge in [0, 0.05) is 17.5 Å². The van der Waals surface area contributed by atoms with Crippen LogP contribution in [0.15, 0.2) is 0 Å². The molecule has 2 N–H and O–H groups in total. The first-order chi connectivity index (χ1) is 8.90. The number of halogens is 1. The van der Waals surface area contributed by atoms with E-state index in [1.54, 1.807) is 0 Å². The number of nitrogens with zero attached hydrogens (tertiary/aromatic N) is 3. The van der Waals surface area contributed by atoms with Crippen molar-refractivity contribution in [2.45, 2.75) is 45.6 Å². The Morgan fingerprint density at radius 1 is 1.47 bits per heavy atom. The molecule has 19 heavy (non-hydrogen) atoms. The molecule has 1 amide bonds. The van der Waals surface area contributed by atoms with Gasteiger partial charge in [-0.25, -0.2) is 9.97 Å². The lowest BCUT2D eigenvalue weighted by atomic mass is 10.2. The van der Waals surface area contributed by atoms with E-state index in [1.807, 2.05) is 25.7 Å². The fourth-order valence-electron chi connectivity index (χ4n) is 1.97. The van der Waals surface area contributed by atoms with E-state index in [-0.39, 0.29) is 18.5 Å². The van der Waals surface area contributed by atoms with Crippen LogP contribution >= 0.6 is 11.6 Å². The number of carbonyl (C=O) groups excluding carboxylic acids is 1. The molecule has 0 unspecified atom stereocenters. The Kier molecular flexibility index (Phi) is 3.94. The minimum absolute atomic E-state index is 0.115. The zero-order valence-electron chi connectivity index (χ0n) is 11.5. The van der Waals surface area contributed by atoms with Crippen LogP contribution in [-0.4, -0.2) is 28.5 Å². The average Bonchev–Trinajstić information content (AvgIpc) is 3.13. The van der Waals surface area contributed by atoms with Gasteiger partial charge in [-0.2, -0.15) is 0 Å². The Labute approximate surface area is 118 Å². The number of primary amides is 1. The van der Waals surface area contributed by atoms with Crippen LogP contribution in [0.2, 0.25) is 5.15 Å². The molecule has 0 atom stereocenters. The molecule has 1 saturated carbocycles. The second kappa shape index (κ2) is 5.33. The van der Waals surface area contributed by atoms with Crippen molar-refractivity contribution in [1.29, 1.82) is 0 Å². The molecule has 1 heterocycles. The predicted molar refractivity (Wildman–Crippen MR) is 75.4 cm³/mol. The number of carbonyl (C=O) groups is 1. The van der Waals surface area contributed by atoms with Crippen LogP contribution in [0.1, 0.15) is 44.0 Å². The fourth-order valence-corrected chi connectivity index (χ4v) is 2.14. The van der Waals surface area contributed by atoms with Crippen molar-refractivity contribution in [3.8, 4) is 0 Å². The van der Waals surface area contributed by atoms with Crippen molar-refractivity contribution in [3.05, 3.63) is 16.5 Å². The molecule has 1 aliphatic carbocycles. The first kappa shape index (κ1) is 14.1. The maximum atomic E-state index is 11.2. The Morgan fingerprint density at radius 2 is 2.11 bits per heavy atom. The van der Waals surface area contributed by atoms with Crippen LogP contribution in [0.4, 0.5) is 5.82 Å². The number of amides is 1. The molecule has 1 aliphatic rings. The van der Waals surface area contributed by atoms with E-state index in [0.717, 1.165) is 30.0 Å². The molecule has 1 fully saturated rings. The van der Waals surface area contributed by atoms with Crippen molar-refractivity contribution in [2.24, 2.45) is 5.73 Å². The summed E-state index contributed by atoms with van der Waals surface area (Å²) in [6.45, 7) is 5.99. The van der Waals surface area contributed by atoms with Gasteiger partial charge in [0.1, 0.15) is 16.8 Å². The number of hydrogen-bond donors (Lipinski definition) is 1. The van der Waals surface area contributed by atoms with E-state index in [2.05, 4.69) is 9.97 Å². The molecule has 0 saturated heterocycles. The summed E-state index contributed by atoms with van der Waals surface area (Å²) in [4.78, 5) is 22.0. The maximum absolute atomic E-state index is 11.2. The highest BCUT2D eigenvalue weighted by atomic mass is 35.5. The topological polar surface area (TPSA) is 72.1 Å². The molecule has 5 nitrogen and oxygen atoms in total. The average molecular weight is 283 g/mol. The Balaban J connectivity index is 2.42. The molecule has 104 valence electrons. The number of aromatic nitrogens is 2. The molecule has 0 spiro atoms. The third-order valence-corrected chi connectivity index (χ3v) is 3.61. The Morgan fingerprint density at radius 3 is 2.58 bits per heavy atom. The third kappa shape index (κ3) is 3.15. The summed E-state index contributed by atoms with van der Waals surface area (Å²) >= 11 is 6.18. The highest BCUT2D eigenvalue weighted by molar-refractivity contribution is 6.30. The van der Waals surface area contributed by atoms with Crippen molar-refractivity contribution < 1.29 is 4.79 Å². The summed E-state index contributed by atoms with van der Waals surface area (Å²) in [6.07, 6.45) is 2.21. The second-order valence-electron chi connectivity index (χ2n) is 5.28. The minimum atomic E-state index is -0.379. The summed E-state index contributed by atoms with van der Waals surface area (Å²) in [7, 11) is 0. The van der Waals surface area contributed by atoms with Gasteiger partial charge < -0.3 is 10.6 Å². The van der Waals surface area contributed by atoms with Gasteiger partial charge in [0.05, 0.1) is 6.54 Å². The van der Waals surface area contributed by atoms with Crippen LogP contribution in [0.25, 0.3) is 0 Å². The smallest absolute Gasteiger partial charge is 0.237 e. The van der Waals surface area contributed by atoms with E-state index in [4.69, 9.17) is 17.3 Å². The first-order valence-electron chi connectivity index (χ1n) is 6.49. The number of anilines is 1. The first-order valence-corrected chi connectivity index (χ1v) is 6.87. The normalized spacial score (nSPS) is 14.8. The third-order valence-electron chi connectivity index (χ3n) is 3.24. The molecule has 0 aromatic carbocycles. The van der Waals surface area contributed by atoms with Crippen LogP contribution < -0.4 is 10.6 Å². The lowest BCUT2D eigenvalue weighted by Gasteiger charge is -2.28. The zero-order chi connectivity index (χ0) is 14.2. The van der Waals surface area contributed by atoms with Gasteiger partial charge >= 0.3 is 0 Å². The van der Waals surface area contributed by atoms with E-state index in [9.17, 15) is 4.79 Å². The van der Waals surface area contributed by atoms with Crippen molar-refractivity contribution in [2.75, 3.05) is 11.4 Å². The summed E-state index contributed by atoms with van der Waals surface area (Å²) in [5.41, 5.74) is 6.10. The molecule has 0 bridgehead atoms. The summed E-state index contributed by atoms with van der Waals surface area (Å²) in [5, 5.41) is 0.460. The number of rotatable bonds is 5. The molecular weight excluding hydrogens is 264 g/mol. The highest BCUT2D eigenvalue weighted by Gasteiger charge is 2.29. The lowest BCUT2D eigenvalue weighted by Crippen LogP contribution is -2.39. The highest BCUT2D eigenvalue weighted by Crippen LogP contribution is 2.40. The van der Waals surface area contributed by atoms with Crippen LogP contribution in [0.5, 0.6) is 0 Å². The predicted octanol–water partition coefficient (Wildman–Crippen LogP) is 2.02. The second-order valence-corrected chi connectivity index (χ2v) is 5.64. The quantitative estimate of drug-likeness (QED) is 0.839. The summed E-state index contributed by atoms with van der Waals surface area (Å²) in [5.74, 6) is 1.53. The molecule has 6 heteroatoms. The van der Waals surface area contributed by atoms with Gasteiger partial charge in [0.2, 0.25) is 5.91 Å². The zero-order valence-corrected chi connectivity index (χ0v) is 12.2. The molecule has 2 rings (SSSR count). The van der Waals surface area contributed by atoms with Crippen LogP contribution in [0.3, 0.4) is 0 Å². The summed E-state index contributed by atoms with van der Waals surface area (Å²) < 4.78 is 0. The number of nitrogens with two attached hydrogens (primary N) is 1. The Hall–Kier alpha value is -1.36. The minimum Gasteiger partial charge on any atom is -0.368 e. The SMILES string of the molecule is Cc1c(Cl)nc(C2CC2)nc1N(CC(N)=O)C(C)C. The molecule has 0 radical (unpaired) electrons. The standard InChI is InChI=1S/C13H19ClN4O/c1-7(2)18(6-10(15)19)13-8(3)11(14)16-12(17-13)9-4-5-9/h7,9H,4-6H2,1-3H3,(H2,15,19). The maximum Gasteiger partial charge on any atom is 0.237 e. The van der Waals surface area contributed by atoms with Gasteiger partial charge in [0.25, 0.3) is 0 Å². The van der Waals surface area contributed by atoms with E-state index in [1.165, 1.54) is 0 Å². The largest absolute Gasteiger partial charge is 0.368 e. The van der Waals surface area contributed by atoms with E-state index in [0.29, 0.717) is 11.1 Å². The Bertz CT molecular complexity index is 500. The van der Waals surface area contributed by atoms with Crippen LogP contribution in [0, 0.1) is 6.92 Å². The molecule has 1 aromatic rings. The monoisotopic (exact) mass is 282 g/mol. The van der Waals surface area contributed by atoms with Crippen LogP contribution in [-0.2, 0) is 4.79 Å². The molecular formula is C13H19ClN4O. The van der Waals surface area contributed by atoms with Crippen molar-refractivity contribution in [1.82, 2.24) is 9.97 Å². The van der Waals surface area contributed by atoms with Gasteiger partial charge in [0.15, 0.2) is 0 Å². The van der Waals surface area contributed by atoms with Crippen molar-refractivity contribution >= 4 is 23.3 Å². The van der Waals surface area contributed by atoms with Gasteiger partial charge in [-0.05, 0) is 33.6 Å². The van der Waals surface area contributed by atoms with Crippen molar-refractivity contribution in [3.63, 3.8) is 0 Å². The van der Waals surface area contributed by atoms with Gasteiger partial charge in [-0.3, -0.25) is 4.79 Å². The number of hydrogen-bond acceptors (Lipinski definition) is 4. The summed E-state index contributed by atoms with van der Waals surface area (Å²) in [6, 6.07) is 0.115.